The van der Waals surface area contributed by atoms with Gasteiger partial charge in [-0.05, 0) is 38.5 Å². The van der Waals surface area contributed by atoms with Crippen LogP contribution < -0.4 is 5.32 Å². The fourth-order valence-corrected chi connectivity index (χ4v) is 8.61. The summed E-state index contributed by atoms with van der Waals surface area (Å²) in [4.78, 5) is 13.2. The van der Waals surface area contributed by atoms with E-state index in [1.807, 2.05) is 0 Å². The van der Waals surface area contributed by atoms with Crippen molar-refractivity contribution in [2.24, 2.45) is 0 Å². The molecule has 0 aromatic rings. The maximum absolute atomic E-state index is 13.2. The Morgan fingerprint density at radius 1 is 0.554 bits per heavy atom. The molecule has 0 saturated carbocycles. The van der Waals surface area contributed by atoms with Gasteiger partial charge in [-0.15, -0.1) is 0 Å². The Balaban J connectivity index is 1.83. The second-order valence-corrected chi connectivity index (χ2v) is 18.7. The molecule has 2 rings (SSSR count). The summed E-state index contributed by atoms with van der Waals surface area (Å²) in [5.74, 6) is -0.221. The lowest BCUT2D eigenvalue weighted by molar-refractivity contribution is -0.359. The predicted molar refractivity (Wildman–Crippen MR) is 254 cm³/mol. The van der Waals surface area contributed by atoms with E-state index in [1.165, 1.54) is 96.3 Å². The molecular weight excluding hydrogens is 835 g/mol. The molecule has 0 radical (unpaired) electrons. The molecule has 2 saturated heterocycles. The Morgan fingerprint density at radius 3 is 1.58 bits per heavy atom. The Labute approximate surface area is 392 Å². The lowest BCUT2D eigenvalue weighted by atomic mass is 9.97. The van der Waals surface area contributed by atoms with Crippen molar-refractivity contribution in [3.8, 4) is 0 Å². The van der Waals surface area contributed by atoms with Crippen LogP contribution in [0, 0.1) is 0 Å². The van der Waals surface area contributed by atoms with Crippen molar-refractivity contribution in [3.05, 3.63) is 24.3 Å². The van der Waals surface area contributed by atoms with E-state index in [-0.39, 0.29) is 18.9 Å². The van der Waals surface area contributed by atoms with Gasteiger partial charge in [0.1, 0.15) is 48.8 Å². The van der Waals surface area contributed by atoms with E-state index in [4.69, 9.17) is 18.9 Å². The molecule has 0 aliphatic carbocycles. The van der Waals surface area contributed by atoms with Crippen LogP contribution in [0.1, 0.15) is 200 Å². The number of hydrogen-bond donors (Lipinski definition) is 9. The summed E-state index contributed by atoms with van der Waals surface area (Å²) in [7, 11) is 0. The maximum Gasteiger partial charge on any atom is 0.220 e. The molecule has 2 heterocycles. The van der Waals surface area contributed by atoms with Crippen LogP contribution in [-0.4, -0.2) is 140 Å². The first-order valence-electron chi connectivity index (χ1n) is 26.1. The summed E-state index contributed by atoms with van der Waals surface area (Å²) >= 11 is 0. The van der Waals surface area contributed by atoms with Gasteiger partial charge in [-0.25, -0.2) is 0 Å². The van der Waals surface area contributed by atoms with Crippen LogP contribution in [0.25, 0.3) is 0 Å². The number of amides is 1. The van der Waals surface area contributed by atoms with Crippen molar-refractivity contribution in [3.63, 3.8) is 0 Å². The van der Waals surface area contributed by atoms with Crippen molar-refractivity contribution < 1.29 is 64.6 Å². The van der Waals surface area contributed by atoms with Gasteiger partial charge in [0.2, 0.25) is 5.91 Å². The molecule has 14 heteroatoms. The number of ether oxygens (including phenoxy) is 4. The molecule has 2 aliphatic heterocycles. The standard InChI is InChI=1S/C51H95NO13/c1-3-5-7-9-11-13-15-17-19-20-21-22-24-26-28-30-32-34-40(55)39(52-43(56)35-33-31-29-27-25-23-18-16-14-12-10-8-6-4-2)38-62-50-48(61)46(59)49(42(37-54)64-50)65-51-47(60)45(58)44(57)41(36-53)63-51/h10,12,16,18,39-42,44-51,53-55,57-61H,3-9,11,13-15,17,19-38H2,1-2H3,(H,52,56)/b12-10-,18-16-. The molecule has 0 aromatic heterocycles. The van der Waals surface area contributed by atoms with E-state index < -0.39 is 86.8 Å². The van der Waals surface area contributed by atoms with Gasteiger partial charge in [-0.2, -0.15) is 0 Å². The van der Waals surface area contributed by atoms with Crippen molar-refractivity contribution >= 4 is 5.91 Å². The van der Waals surface area contributed by atoms with E-state index in [9.17, 15) is 45.6 Å². The number of rotatable bonds is 40. The number of unbranched alkanes of at least 4 members (excludes halogenated alkanes) is 23. The van der Waals surface area contributed by atoms with E-state index >= 15 is 0 Å². The minimum absolute atomic E-state index is 0.221. The maximum atomic E-state index is 13.2. The first kappa shape index (κ1) is 59.6. The van der Waals surface area contributed by atoms with Gasteiger partial charge in [0, 0.05) is 6.42 Å². The summed E-state index contributed by atoms with van der Waals surface area (Å²) in [6, 6.07) is -0.833. The number of aliphatic hydroxyl groups is 8. The molecule has 12 atom stereocenters. The molecule has 0 aromatic carbocycles. The van der Waals surface area contributed by atoms with Gasteiger partial charge in [-0.1, -0.05) is 179 Å². The van der Waals surface area contributed by atoms with Crippen molar-refractivity contribution in [1.29, 1.82) is 0 Å². The van der Waals surface area contributed by atoms with Gasteiger partial charge in [-0.3, -0.25) is 4.79 Å². The van der Waals surface area contributed by atoms with Gasteiger partial charge in [0.05, 0.1) is 32.0 Å². The largest absolute Gasteiger partial charge is 0.394 e. The lowest BCUT2D eigenvalue weighted by Crippen LogP contribution is -2.65. The minimum atomic E-state index is -1.78. The molecule has 1 amide bonds. The van der Waals surface area contributed by atoms with E-state index in [0.29, 0.717) is 12.8 Å². The SMILES string of the molecule is CCCC/C=C\C/C=C\CCCCCCCC(=O)NC(COC1OC(CO)C(OC2OC(CO)C(O)C(O)C2O)C(O)C1O)C(O)CCCCCCCCCCCCCCCCCCC. The average molecular weight is 930 g/mol. The number of carbonyl (C=O) groups is 1. The Morgan fingerprint density at radius 2 is 1.03 bits per heavy atom. The van der Waals surface area contributed by atoms with Crippen molar-refractivity contribution in [2.75, 3.05) is 19.8 Å². The van der Waals surface area contributed by atoms with Gasteiger partial charge in [0.25, 0.3) is 0 Å². The van der Waals surface area contributed by atoms with E-state index in [2.05, 4.69) is 43.5 Å². The molecule has 2 aliphatic rings. The summed E-state index contributed by atoms with van der Waals surface area (Å²) in [5, 5.41) is 86.9. The van der Waals surface area contributed by atoms with Crippen LogP contribution >= 0.6 is 0 Å². The minimum Gasteiger partial charge on any atom is -0.394 e. The summed E-state index contributed by atoms with van der Waals surface area (Å²) < 4.78 is 22.7. The Bertz CT molecular complexity index is 1190. The number of nitrogens with one attached hydrogen (secondary N) is 1. The summed E-state index contributed by atoms with van der Waals surface area (Å²) in [5.41, 5.74) is 0. The smallest absolute Gasteiger partial charge is 0.220 e. The molecule has 2 fully saturated rings. The third kappa shape index (κ3) is 25.6. The highest BCUT2D eigenvalue weighted by Gasteiger charge is 2.51. The molecule has 0 spiro atoms. The number of aliphatic hydroxyl groups excluding tert-OH is 8. The first-order chi connectivity index (χ1) is 31.6. The predicted octanol–water partition coefficient (Wildman–Crippen LogP) is 6.94. The quantitative estimate of drug-likeness (QED) is 0.0225. The molecule has 0 bridgehead atoms. The van der Waals surface area contributed by atoms with Crippen LogP contribution in [-0.2, 0) is 23.7 Å². The van der Waals surface area contributed by atoms with E-state index in [1.54, 1.807) is 0 Å². The second-order valence-electron chi connectivity index (χ2n) is 18.7. The highest BCUT2D eigenvalue weighted by molar-refractivity contribution is 5.76. The number of carbonyl (C=O) groups excluding carboxylic acids is 1. The first-order valence-corrected chi connectivity index (χ1v) is 26.1. The molecule has 14 nitrogen and oxygen atoms in total. The van der Waals surface area contributed by atoms with Crippen molar-refractivity contribution in [1.82, 2.24) is 5.32 Å². The lowest BCUT2D eigenvalue weighted by Gasteiger charge is -2.46. The number of hydrogen-bond acceptors (Lipinski definition) is 13. The summed E-state index contributed by atoms with van der Waals surface area (Å²) in [6.07, 6.45) is 24.6. The third-order valence-corrected chi connectivity index (χ3v) is 12.9. The van der Waals surface area contributed by atoms with Crippen LogP contribution in [0.4, 0.5) is 0 Å². The van der Waals surface area contributed by atoms with Crippen LogP contribution in [0.15, 0.2) is 24.3 Å². The zero-order valence-corrected chi connectivity index (χ0v) is 40.5. The zero-order chi connectivity index (χ0) is 47.5. The third-order valence-electron chi connectivity index (χ3n) is 12.9. The Kier molecular flexibility index (Phi) is 35.1. The fourth-order valence-electron chi connectivity index (χ4n) is 8.61. The number of allylic oxidation sites excluding steroid dienone is 4. The average Bonchev–Trinajstić information content (AvgIpc) is 3.30. The zero-order valence-electron chi connectivity index (χ0n) is 40.5. The van der Waals surface area contributed by atoms with Gasteiger partial charge < -0.3 is 65.1 Å². The van der Waals surface area contributed by atoms with Crippen LogP contribution in [0.3, 0.4) is 0 Å². The molecular formula is C51H95NO13. The van der Waals surface area contributed by atoms with Crippen LogP contribution in [0.5, 0.6) is 0 Å². The summed E-state index contributed by atoms with van der Waals surface area (Å²) in [6.45, 7) is 2.80. The van der Waals surface area contributed by atoms with Gasteiger partial charge >= 0.3 is 0 Å². The molecule has 65 heavy (non-hydrogen) atoms. The molecule has 12 unspecified atom stereocenters. The van der Waals surface area contributed by atoms with E-state index in [0.717, 1.165) is 70.6 Å². The molecule has 382 valence electrons. The highest BCUT2D eigenvalue weighted by Crippen LogP contribution is 2.30. The van der Waals surface area contributed by atoms with Crippen LogP contribution in [0.2, 0.25) is 0 Å². The monoisotopic (exact) mass is 930 g/mol. The fraction of sp³-hybridized carbons (Fsp3) is 0.902. The molecule has 9 N–H and O–H groups in total. The second kappa shape index (κ2) is 38.3. The topological polar surface area (TPSA) is 228 Å². The normalized spacial score (nSPS) is 27.2. The highest BCUT2D eigenvalue weighted by atomic mass is 16.7. The van der Waals surface area contributed by atoms with Crippen molar-refractivity contribution in [2.45, 2.75) is 274 Å². The van der Waals surface area contributed by atoms with Gasteiger partial charge in [0.15, 0.2) is 12.6 Å². The Hall–Kier alpha value is -1.53.